The molecule has 0 aliphatic carbocycles. The van der Waals surface area contributed by atoms with Crippen molar-refractivity contribution >= 4 is 15.9 Å². The van der Waals surface area contributed by atoms with Gasteiger partial charge in [-0.05, 0) is 28.9 Å². The summed E-state index contributed by atoms with van der Waals surface area (Å²) >= 11 is 3.49. The molecule has 90 valence electrons. The smallest absolute Gasteiger partial charge is 0.175 e. The molecule has 1 aromatic carbocycles. The van der Waals surface area contributed by atoms with Crippen LogP contribution in [0.15, 0.2) is 10.5 Å². The van der Waals surface area contributed by atoms with E-state index in [0.29, 0.717) is 24.5 Å². The topological polar surface area (TPSA) is 53.7 Å². The van der Waals surface area contributed by atoms with Crippen LogP contribution in [-0.2, 0) is 6.42 Å². The first-order valence-corrected chi connectivity index (χ1v) is 5.66. The lowest BCUT2D eigenvalue weighted by molar-refractivity contribution is 0.345. The second-order valence-electron chi connectivity index (χ2n) is 3.15. The highest BCUT2D eigenvalue weighted by atomic mass is 79.9. The van der Waals surface area contributed by atoms with E-state index in [1.54, 1.807) is 27.4 Å². The molecular formula is C11H16BrNO3. The molecule has 0 fully saturated rings. The summed E-state index contributed by atoms with van der Waals surface area (Å²) in [5.74, 6) is 2.04. The summed E-state index contributed by atoms with van der Waals surface area (Å²) in [6.07, 6.45) is 0.712. The molecule has 16 heavy (non-hydrogen) atoms. The first kappa shape index (κ1) is 13.1. The van der Waals surface area contributed by atoms with Gasteiger partial charge in [0, 0.05) is 11.6 Å². The quantitative estimate of drug-likeness (QED) is 0.901. The molecule has 0 aliphatic rings. The Balaban J connectivity index is 3.36. The molecular weight excluding hydrogens is 274 g/mol. The predicted octanol–water partition coefficient (Wildman–Crippen LogP) is 1.98. The van der Waals surface area contributed by atoms with Crippen LogP contribution in [0.1, 0.15) is 5.56 Å². The molecule has 0 saturated heterocycles. The molecule has 0 heterocycles. The number of hydrogen-bond donors (Lipinski definition) is 1. The number of halogens is 1. The Hall–Kier alpha value is -0.940. The summed E-state index contributed by atoms with van der Waals surface area (Å²) in [5.41, 5.74) is 6.56. The van der Waals surface area contributed by atoms with Crippen LogP contribution in [0.4, 0.5) is 0 Å². The minimum atomic E-state index is 0.546. The third-order valence-electron chi connectivity index (χ3n) is 2.29. The molecule has 0 saturated carbocycles. The molecule has 0 spiro atoms. The highest BCUT2D eigenvalue weighted by molar-refractivity contribution is 9.10. The van der Waals surface area contributed by atoms with Gasteiger partial charge in [-0.15, -0.1) is 0 Å². The van der Waals surface area contributed by atoms with E-state index in [2.05, 4.69) is 15.9 Å². The van der Waals surface area contributed by atoms with Gasteiger partial charge in [0.05, 0.1) is 25.8 Å². The second-order valence-corrected chi connectivity index (χ2v) is 3.94. The van der Waals surface area contributed by atoms with Gasteiger partial charge in [-0.2, -0.15) is 0 Å². The zero-order valence-electron chi connectivity index (χ0n) is 9.67. The monoisotopic (exact) mass is 289 g/mol. The van der Waals surface area contributed by atoms with Gasteiger partial charge in [0.15, 0.2) is 11.5 Å². The zero-order chi connectivity index (χ0) is 12.1. The van der Waals surface area contributed by atoms with Crippen LogP contribution in [0.2, 0.25) is 0 Å². The Morgan fingerprint density at radius 3 is 2.19 bits per heavy atom. The van der Waals surface area contributed by atoms with E-state index in [0.717, 1.165) is 15.8 Å². The second kappa shape index (κ2) is 5.96. The molecule has 1 aromatic rings. The first-order chi connectivity index (χ1) is 7.69. The van der Waals surface area contributed by atoms with Crippen molar-refractivity contribution in [2.45, 2.75) is 6.42 Å². The minimum absolute atomic E-state index is 0.546. The predicted molar refractivity (Wildman–Crippen MR) is 66.6 cm³/mol. The van der Waals surface area contributed by atoms with Crippen LogP contribution in [-0.4, -0.2) is 27.9 Å². The lowest BCUT2D eigenvalue weighted by Crippen LogP contribution is -2.06. The number of nitrogens with two attached hydrogens (primary N) is 1. The molecule has 0 unspecified atom stereocenters. The number of benzene rings is 1. The largest absolute Gasteiger partial charge is 0.496 e. The van der Waals surface area contributed by atoms with E-state index in [1.165, 1.54) is 0 Å². The highest BCUT2D eigenvalue weighted by Gasteiger charge is 2.17. The molecule has 0 bridgehead atoms. The first-order valence-electron chi connectivity index (χ1n) is 4.87. The van der Waals surface area contributed by atoms with Gasteiger partial charge in [0.25, 0.3) is 0 Å². The molecule has 5 heteroatoms. The van der Waals surface area contributed by atoms with Crippen molar-refractivity contribution in [3.8, 4) is 17.2 Å². The van der Waals surface area contributed by atoms with Crippen molar-refractivity contribution in [2.75, 3.05) is 27.9 Å². The van der Waals surface area contributed by atoms with Crippen molar-refractivity contribution in [2.24, 2.45) is 5.73 Å². The van der Waals surface area contributed by atoms with Crippen LogP contribution < -0.4 is 19.9 Å². The summed E-state index contributed by atoms with van der Waals surface area (Å²) < 4.78 is 16.6. The fourth-order valence-electron chi connectivity index (χ4n) is 1.53. The number of rotatable bonds is 5. The molecule has 4 nitrogen and oxygen atoms in total. The Kier molecular flexibility index (Phi) is 4.89. The van der Waals surface area contributed by atoms with Gasteiger partial charge in [0.2, 0.25) is 0 Å². The normalized spacial score (nSPS) is 10.1. The number of hydrogen-bond acceptors (Lipinski definition) is 4. The average molecular weight is 290 g/mol. The molecule has 2 N–H and O–H groups in total. The van der Waals surface area contributed by atoms with Crippen LogP contribution in [0.3, 0.4) is 0 Å². The fraction of sp³-hybridized carbons (Fsp3) is 0.455. The SMILES string of the molecule is COc1cc(OC)c(OC)c(Br)c1CCN. The molecule has 0 atom stereocenters. The molecule has 0 amide bonds. The van der Waals surface area contributed by atoms with Crippen LogP contribution in [0.25, 0.3) is 0 Å². The number of ether oxygens (including phenoxy) is 3. The Labute approximate surface area is 104 Å². The molecule has 1 rings (SSSR count). The molecule has 0 radical (unpaired) electrons. The van der Waals surface area contributed by atoms with Crippen molar-refractivity contribution in [3.63, 3.8) is 0 Å². The third kappa shape index (κ3) is 2.41. The maximum atomic E-state index is 5.57. The van der Waals surface area contributed by atoms with E-state index < -0.39 is 0 Å². The van der Waals surface area contributed by atoms with E-state index >= 15 is 0 Å². The van der Waals surface area contributed by atoms with E-state index in [-0.39, 0.29) is 0 Å². The van der Waals surface area contributed by atoms with E-state index in [9.17, 15) is 0 Å². The Morgan fingerprint density at radius 1 is 1.12 bits per heavy atom. The summed E-state index contributed by atoms with van der Waals surface area (Å²) in [4.78, 5) is 0. The van der Waals surface area contributed by atoms with Crippen LogP contribution in [0.5, 0.6) is 17.2 Å². The third-order valence-corrected chi connectivity index (χ3v) is 3.12. The van der Waals surface area contributed by atoms with Crippen molar-refractivity contribution in [1.29, 1.82) is 0 Å². The maximum Gasteiger partial charge on any atom is 0.175 e. The lowest BCUT2D eigenvalue weighted by Gasteiger charge is -2.16. The summed E-state index contributed by atoms with van der Waals surface area (Å²) in [6.45, 7) is 0.546. The zero-order valence-corrected chi connectivity index (χ0v) is 11.3. The standard InChI is InChI=1S/C11H16BrNO3/c1-14-8-6-9(15-2)11(16-3)10(12)7(8)4-5-13/h6H,4-5,13H2,1-3H3. The molecule has 0 aliphatic heterocycles. The van der Waals surface area contributed by atoms with Gasteiger partial charge in [-0.1, -0.05) is 0 Å². The van der Waals surface area contributed by atoms with Crippen molar-refractivity contribution in [3.05, 3.63) is 16.1 Å². The number of methoxy groups -OCH3 is 3. The molecule has 0 aromatic heterocycles. The minimum Gasteiger partial charge on any atom is -0.496 e. The fourth-order valence-corrected chi connectivity index (χ4v) is 2.28. The van der Waals surface area contributed by atoms with Gasteiger partial charge in [-0.3, -0.25) is 0 Å². The lowest BCUT2D eigenvalue weighted by atomic mass is 10.1. The van der Waals surface area contributed by atoms with Crippen LogP contribution >= 0.6 is 15.9 Å². The van der Waals surface area contributed by atoms with Gasteiger partial charge < -0.3 is 19.9 Å². The van der Waals surface area contributed by atoms with Gasteiger partial charge in [-0.25, -0.2) is 0 Å². The van der Waals surface area contributed by atoms with Crippen LogP contribution in [0, 0.1) is 0 Å². The Bertz CT molecular complexity index is 369. The average Bonchev–Trinajstić information content (AvgIpc) is 2.31. The van der Waals surface area contributed by atoms with Crippen molar-refractivity contribution < 1.29 is 14.2 Å². The summed E-state index contributed by atoms with van der Waals surface area (Å²) in [7, 11) is 4.81. The van der Waals surface area contributed by atoms with Gasteiger partial charge >= 0.3 is 0 Å². The highest BCUT2D eigenvalue weighted by Crippen LogP contribution is 2.42. The van der Waals surface area contributed by atoms with Gasteiger partial charge in [0.1, 0.15) is 5.75 Å². The Morgan fingerprint density at radius 2 is 1.75 bits per heavy atom. The maximum absolute atomic E-state index is 5.57. The summed E-state index contributed by atoms with van der Waals surface area (Å²) in [6, 6.07) is 1.80. The van der Waals surface area contributed by atoms with Crippen molar-refractivity contribution in [1.82, 2.24) is 0 Å². The van der Waals surface area contributed by atoms with E-state index in [4.69, 9.17) is 19.9 Å². The summed E-state index contributed by atoms with van der Waals surface area (Å²) in [5, 5.41) is 0. The van der Waals surface area contributed by atoms with E-state index in [1.807, 2.05) is 0 Å².